The number of hydrogen-bond acceptors (Lipinski definition) is 6. The van der Waals surface area contributed by atoms with Crippen LogP contribution in [0.1, 0.15) is 23.1 Å². The van der Waals surface area contributed by atoms with Crippen molar-refractivity contribution >= 4 is 28.6 Å². The first-order chi connectivity index (χ1) is 10.7. The summed E-state index contributed by atoms with van der Waals surface area (Å²) in [6.07, 6.45) is 5.63. The van der Waals surface area contributed by atoms with Gasteiger partial charge in [-0.05, 0) is 18.4 Å². The number of hydrogen-bond donors (Lipinski definition) is 1. The zero-order valence-electron chi connectivity index (χ0n) is 11.9. The van der Waals surface area contributed by atoms with Crippen LogP contribution in [0.5, 0.6) is 0 Å². The summed E-state index contributed by atoms with van der Waals surface area (Å²) in [5.74, 6) is -0.157. The molecule has 0 aromatic carbocycles. The van der Waals surface area contributed by atoms with E-state index in [1.54, 1.807) is 35.3 Å². The van der Waals surface area contributed by atoms with Crippen LogP contribution in [0, 0.1) is 0 Å². The molecular formula is C15H14N4OS2. The van der Waals surface area contributed by atoms with Crippen molar-refractivity contribution in [2.45, 2.75) is 19.4 Å². The Morgan fingerprint density at radius 2 is 2.27 bits per heavy atom. The highest BCUT2D eigenvalue weighted by atomic mass is 32.1. The smallest absolute Gasteiger partial charge is 0.270 e. The van der Waals surface area contributed by atoms with Crippen molar-refractivity contribution in [3.05, 3.63) is 52.9 Å². The van der Waals surface area contributed by atoms with Crippen LogP contribution in [0.15, 0.2) is 41.5 Å². The van der Waals surface area contributed by atoms with Crippen LogP contribution in [-0.2, 0) is 6.42 Å². The molecule has 7 heteroatoms. The molecule has 3 aromatic rings. The van der Waals surface area contributed by atoms with Gasteiger partial charge in [-0.15, -0.1) is 22.7 Å². The van der Waals surface area contributed by atoms with Gasteiger partial charge in [0.1, 0.15) is 10.7 Å². The number of thiophene rings is 1. The van der Waals surface area contributed by atoms with Gasteiger partial charge < -0.3 is 5.32 Å². The van der Waals surface area contributed by atoms with Crippen molar-refractivity contribution in [1.29, 1.82) is 0 Å². The highest BCUT2D eigenvalue weighted by molar-refractivity contribution is 7.20. The fourth-order valence-corrected chi connectivity index (χ4v) is 3.60. The summed E-state index contributed by atoms with van der Waals surface area (Å²) in [7, 11) is 0. The van der Waals surface area contributed by atoms with E-state index in [9.17, 15) is 4.79 Å². The molecule has 3 heterocycles. The van der Waals surface area contributed by atoms with E-state index in [-0.39, 0.29) is 11.9 Å². The SMILES string of the molecule is CC(Cc1cnccn1)NC(=O)c1csc(-c2cccs2)n1. The maximum atomic E-state index is 12.2. The van der Waals surface area contributed by atoms with E-state index in [0.717, 1.165) is 15.6 Å². The first kappa shape index (κ1) is 14.8. The maximum Gasteiger partial charge on any atom is 0.270 e. The minimum absolute atomic E-state index is 0.0314. The van der Waals surface area contributed by atoms with E-state index >= 15 is 0 Å². The van der Waals surface area contributed by atoms with Gasteiger partial charge in [0.05, 0.1) is 10.6 Å². The Labute approximate surface area is 136 Å². The Hall–Kier alpha value is -2.12. The molecule has 0 radical (unpaired) electrons. The van der Waals surface area contributed by atoms with Gasteiger partial charge in [-0.1, -0.05) is 6.07 Å². The molecule has 0 saturated carbocycles. The zero-order chi connectivity index (χ0) is 15.4. The summed E-state index contributed by atoms with van der Waals surface area (Å²) < 4.78 is 0. The summed E-state index contributed by atoms with van der Waals surface area (Å²) >= 11 is 3.10. The summed E-state index contributed by atoms with van der Waals surface area (Å²) in [6.45, 7) is 1.94. The average Bonchev–Trinajstić information content (AvgIpc) is 3.19. The molecule has 0 fully saturated rings. The highest BCUT2D eigenvalue weighted by Crippen LogP contribution is 2.27. The second kappa shape index (κ2) is 6.76. The molecule has 5 nitrogen and oxygen atoms in total. The lowest BCUT2D eigenvalue weighted by Gasteiger charge is -2.12. The molecule has 112 valence electrons. The second-order valence-electron chi connectivity index (χ2n) is 4.79. The Morgan fingerprint density at radius 1 is 1.36 bits per heavy atom. The minimum Gasteiger partial charge on any atom is -0.348 e. The van der Waals surface area contributed by atoms with E-state index in [1.807, 2.05) is 24.4 Å². The van der Waals surface area contributed by atoms with Gasteiger partial charge in [0, 0.05) is 36.4 Å². The number of amides is 1. The van der Waals surface area contributed by atoms with Crippen LogP contribution >= 0.6 is 22.7 Å². The zero-order valence-corrected chi connectivity index (χ0v) is 13.5. The number of nitrogens with one attached hydrogen (secondary N) is 1. The third-order valence-electron chi connectivity index (χ3n) is 2.98. The predicted molar refractivity (Wildman–Crippen MR) is 88.1 cm³/mol. The van der Waals surface area contributed by atoms with Crippen molar-refractivity contribution in [1.82, 2.24) is 20.3 Å². The average molecular weight is 330 g/mol. The fraction of sp³-hybridized carbons (Fsp3) is 0.200. The first-order valence-corrected chi connectivity index (χ1v) is 8.53. The minimum atomic E-state index is -0.157. The van der Waals surface area contributed by atoms with E-state index < -0.39 is 0 Å². The molecule has 0 spiro atoms. The van der Waals surface area contributed by atoms with E-state index in [0.29, 0.717) is 12.1 Å². The van der Waals surface area contributed by atoms with Crippen LogP contribution in [0.25, 0.3) is 9.88 Å². The quantitative estimate of drug-likeness (QED) is 0.781. The summed E-state index contributed by atoms with van der Waals surface area (Å²) in [5.41, 5.74) is 1.31. The van der Waals surface area contributed by atoms with Crippen molar-refractivity contribution in [2.75, 3.05) is 0 Å². The first-order valence-electron chi connectivity index (χ1n) is 6.77. The number of rotatable bonds is 5. The molecule has 0 aliphatic carbocycles. The van der Waals surface area contributed by atoms with Crippen LogP contribution < -0.4 is 5.32 Å². The van der Waals surface area contributed by atoms with Crippen LogP contribution in [0.3, 0.4) is 0 Å². The summed E-state index contributed by atoms with van der Waals surface area (Å²) in [6, 6.07) is 3.95. The topological polar surface area (TPSA) is 67.8 Å². The van der Waals surface area contributed by atoms with Crippen molar-refractivity contribution in [3.8, 4) is 9.88 Å². The van der Waals surface area contributed by atoms with Gasteiger partial charge in [-0.25, -0.2) is 4.98 Å². The lowest BCUT2D eigenvalue weighted by Crippen LogP contribution is -2.34. The summed E-state index contributed by atoms with van der Waals surface area (Å²) in [5, 5.41) is 7.61. The largest absolute Gasteiger partial charge is 0.348 e. The van der Waals surface area contributed by atoms with Crippen LogP contribution in [-0.4, -0.2) is 26.9 Å². The summed E-state index contributed by atoms with van der Waals surface area (Å²) in [4.78, 5) is 25.9. The van der Waals surface area contributed by atoms with Gasteiger partial charge in [0.2, 0.25) is 0 Å². The Balaban J connectivity index is 1.62. The third-order valence-corrected chi connectivity index (χ3v) is 4.86. The van der Waals surface area contributed by atoms with Gasteiger partial charge >= 0.3 is 0 Å². The molecule has 22 heavy (non-hydrogen) atoms. The Kier molecular flexibility index (Phi) is 4.55. The molecule has 1 unspecified atom stereocenters. The Morgan fingerprint density at radius 3 is 3.00 bits per heavy atom. The number of nitrogens with zero attached hydrogens (tertiary/aromatic N) is 3. The molecule has 0 aliphatic rings. The third kappa shape index (κ3) is 3.55. The van der Waals surface area contributed by atoms with E-state index in [4.69, 9.17) is 0 Å². The van der Waals surface area contributed by atoms with Gasteiger partial charge in [0.25, 0.3) is 5.91 Å². The molecule has 3 rings (SSSR count). The molecule has 0 aliphatic heterocycles. The van der Waals surface area contributed by atoms with Crippen molar-refractivity contribution < 1.29 is 4.79 Å². The van der Waals surface area contributed by atoms with Crippen molar-refractivity contribution in [3.63, 3.8) is 0 Å². The standard InChI is InChI=1S/C15H14N4OS2/c1-10(7-11-8-16-4-5-17-11)18-14(20)12-9-22-15(19-12)13-3-2-6-21-13/h2-6,8-10H,7H2,1H3,(H,18,20). The maximum absolute atomic E-state index is 12.2. The van der Waals surface area contributed by atoms with Gasteiger partial charge in [0.15, 0.2) is 0 Å². The van der Waals surface area contributed by atoms with Gasteiger partial charge in [-0.3, -0.25) is 14.8 Å². The molecule has 1 amide bonds. The van der Waals surface area contributed by atoms with E-state index in [2.05, 4.69) is 20.3 Å². The van der Waals surface area contributed by atoms with Crippen molar-refractivity contribution in [2.24, 2.45) is 0 Å². The second-order valence-corrected chi connectivity index (χ2v) is 6.60. The lowest BCUT2D eigenvalue weighted by atomic mass is 10.2. The number of carbonyl (C=O) groups is 1. The Bertz CT molecular complexity index is 740. The molecule has 0 bridgehead atoms. The van der Waals surface area contributed by atoms with Gasteiger partial charge in [-0.2, -0.15) is 0 Å². The van der Waals surface area contributed by atoms with Crippen LogP contribution in [0.2, 0.25) is 0 Å². The molecule has 1 atom stereocenters. The highest BCUT2D eigenvalue weighted by Gasteiger charge is 2.15. The number of thiazole rings is 1. The lowest BCUT2D eigenvalue weighted by molar-refractivity contribution is 0.0935. The predicted octanol–water partition coefficient (Wildman–Crippen LogP) is 3.02. The monoisotopic (exact) mass is 330 g/mol. The van der Waals surface area contributed by atoms with Crippen LogP contribution in [0.4, 0.5) is 0 Å². The molecule has 1 N–H and O–H groups in total. The number of carbonyl (C=O) groups excluding carboxylic acids is 1. The molecule has 3 aromatic heterocycles. The molecular weight excluding hydrogens is 316 g/mol. The van der Waals surface area contributed by atoms with E-state index in [1.165, 1.54) is 11.3 Å². The fourth-order valence-electron chi connectivity index (χ4n) is 1.99. The normalized spacial score (nSPS) is 12.0. The molecule has 0 saturated heterocycles. The number of aromatic nitrogens is 3.